The molecule has 0 radical (unpaired) electrons. The first-order valence-corrected chi connectivity index (χ1v) is 6.16. The van der Waals surface area contributed by atoms with E-state index in [-0.39, 0.29) is 12.3 Å². The molecule has 7 heteroatoms. The summed E-state index contributed by atoms with van der Waals surface area (Å²) in [7, 11) is 0. The normalized spacial score (nSPS) is 14.9. The van der Waals surface area contributed by atoms with Gasteiger partial charge in [0.2, 0.25) is 0 Å². The van der Waals surface area contributed by atoms with Crippen molar-refractivity contribution in [2.45, 2.75) is 58.9 Å². The number of rotatable bonds is 6. The molecule has 0 spiro atoms. The molecule has 0 aliphatic rings. The minimum atomic E-state index is -5.01. The third-order valence-electron chi connectivity index (χ3n) is 2.45. The Morgan fingerprint density at radius 2 is 1.74 bits per heavy atom. The second kappa shape index (κ2) is 7.35. The van der Waals surface area contributed by atoms with Crippen molar-refractivity contribution >= 4 is 11.9 Å². The van der Waals surface area contributed by atoms with E-state index >= 15 is 0 Å². The highest BCUT2D eigenvalue weighted by molar-refractivity contribution is 5.87. The average molecular weight is 283 g/mol. The standard InChI is InChI=1S/C12H20F3NO3/c1-5-8(4)19-10(17)9(6-7(2)3)16-11(18)12(13,14)15/h7-9H,5-6H2,1-4H3,(H,16,18)/t8-,9+/m0/s1. The minimum Gasteiger partial charge on any atom is -0.461 e. The quantitative estimate of drug-likeness (QED) is 0.762. The highest BCUT2D eigenvalue weighted by Gasteiger charge is 2.41. The molecule has 0 heterocycles. The van der Waals surface area contributed by atoms with E-state index in [9.17, 15) is 22.8 Å². The molecule has 19 heavy (non-hydrogen) atoms. The van der Waals surface area contributed by atoms with Crippen molar-refractivity contribution in [3.05, 3.63) is 0 Å². The van der Waals surface area contributed by atoms with Crippen LogP contribution in [0.25, 0.3) is 0 Å². The van der Waals surface area contributed by atoms with E-state index < -0.39 is 30.2 Å². The van der Waals surface area contributed by atoms with Gasteiger partial charge in [-0.05, 0) is 25.7 Å². The highest BCUT2D eigenvalue weighted by atomic mass is 19.4. The van der Waals surface area contributed by atoms with Gasteiger partial charge in [0.1, 0.15) is 6.04 Å². The number of alkyl halides is 3. The first-order chi connectivity index (χ1) is 8.57. The van der Waals surface area contributed by atoms with Crippen molar-refractivity contribution < 1.29 is 27.5 Å². The first kappa shape index (κ1) is 17.7. The molecule has 0 aromatic carbocycles. The maximum Gasteiger partial charge on any atom is 0.471 e. The molecule has 0 rings (SSSR count). The second-order valence-corrected chi connectivity index (χ2v) is 4.81. The van der Waals surface area contributed by atoms with Crippen molar-refractivity contribution in [3.8, 4) is 0 Å². The second-order valence-electron chi connectivity index (χ2n) is 4.81. The van der Waals surface area contributed by atoms with Crippen LogP contribution < -0.4 is 5.32 Å². The molecular formula is C12H20F3NO3. The molecule has 0 aliphatic carbocycles. The summed E-state index contributed by atoms with van der Waals surface area (Å²) in [6, 6.07) is -1.27. The molecule has 0 aliphatic heterocycles. The lowest BCUT2D eigenvalue weighted by Crippen LogP contribution is -2.48. The lowest BCUT2D eigenvalue weighted by atomic mass is 10.0. The minimum absolute atomic E-state index is 0.0528. The van der Waals surface area contributed by atoms with Crippen LogP contribution in [0.2, 0.25) is 0 Å². The topological polar surface area (TPSA) is 55.4 Å². The van der Waals surface area contributed by atoms with Crippen LogP contribution >= 0.6 is 0 Å². The molecule has 0 saturated heterocycles. The summed E-state index contributed by atoms with van der Waals surface area (Å²) in [5, 5.41) is 1.68. The van der Waals surface area contributed by atoms with E-state index in [0.29, 0.717) is 6.42 Å². The van der Waals surface area contributed by atoms with Crippen LogP contribution in [0, 0.1) is 5.92 Å². The average Bonchev–Trinajstić information content (AvgIpc) is 2.25. The summed E-state index contributed by atoms with van der Waals surface area (Å²) >= 11 is 0. The number of hydrogen-bond donors (Lipinski definition) is 1. The van der Waals surface area contributed by atoms with E-state index in [1.54, 1.807) is 33.0 Å². The molecule has 0 fully saturated rings. The number of amides is 1. The van der Waals surface area contributed by atoms with Gasteiger partial charge >= 0.3 is 18.1 Å². The third-order valence-corrected chi connectivity index (χ3v) is 2.45. The number of hydrogen-bond acceptors (Lipinski definition) is 3. The Labute approximate surface area is 110 Å². The van der Waals surface area contributed by atoms with Crippen LogP contribution in [0.3, 0.4) is 0 Å². The zero-order valence-electron chi connectivity index (χ0n) is 11.5. The molecule has 0 bridgehead atoms. The molecular weight excluding hydrogens is 263 g/mol. The van der Waals surface area contributed by atoms with Crippen LogP contribution in [-0.2, 0) is 14.3 Å². The number of carbonyl (C=O) groups is 2. The fraction of sp³-hybridized carbons (Fsp3) is 0.833. The number of esters is 1. The summed E-state index contributed by atoms with van der Waals surface area (Å²) in [4.78, 5) is 22.6. The predicted octanol–water partition coefficient (Wildman–Crippen LogP) is 2.42. The number of halogens is 3. The first-order valence-electron chi connectivity index (χ1n) is 6.16. The van der Waals surface area contributed by atoms with Gasteiger partial charge in [-0.25, -0.2) is 4.79 Å². The zero-order chi connectivity index (χ0) is 15.2. The molecule has 0 aromatic rings. The van der Waals surface area contributed by atoms with E-state index in [1.807, 2.05) is 0 Å². The van der Waals surface area contributed by atoms with Gasteiger partial charge in [-0.3, -0.25) is 4.79 Å². The summed E-state index contributed by atoms with van der Waals surface area (Å²) in [5.74, 6) is -3.01. The van der Waals surface area contributed by atoms with Crippen LogP contribution in [0.4, 0.5) is 13.2 Å². The summed E-state index contributed by atoms with van der Waals surface area (Å²) < 4.78 is 41.5. The number of nitrogens with one attached hydrogen (secondary N) is 1. The maximum absolute atomic E-state index is 12.2. The molecule has 112 valence electrons. The van der Waals surface area contributed by atoms with Crippen molar-refractivity contribution in [2.75, 3.05) is 0 Å². The van der Waals surface area contributed by atoms with Crippen molar-refractivity contribution in [3.63, 3.8) is 0 Å². The lowest BCUT2D eigenvalue weighted by Gasteiger charge is -2.21. The fourth-order valence-corrected chi connectivity index (χ4v) is 1.29. The van der Waals surface area contributed by atoms with Crippen LogP contribution in [0.5, 0.6) is 0 Å². The summed E-state index contributed by atoms with van der Waals surface area (Å²) in [6.45, 7) is 6.89. The molecule has 0 saturated carbocycles. The Kier molecular flexibility index (Phi) is 6.86. The van der Waals surface area contributed by atoms with Gasteiger partial charge in [-0.2, -0.15) is 13.2 Å². The lowest BCUT2D eigenvalue weighted by molar-refractivity contribution is -0.176. The van der Waals surface area contributed by atoms with Gasteiger partial charge in [0.05, 0.1) is 6.10 Å². The number of carbonyl (C=O) groups excluding carboxylic acids is 2. The molecule has 0 unspecified atom stereocenters. The van der Waals surface area contributed by atoms with Gasteiger partial charge in [0.25, 0.3) is 0 Å². The van der Waals surface area contributed by atoms with Gasteiger partial charge < -0.3 is 10.1 Å². The van der Waals surface area contributed by atoms with E-state index in [2.05, 4.69) is 0 Å². The predicted molar refractivity (Wildman–Crippen MR) is 63.3 cm³/mol. The van der Waals surface area contributed by atoms with E-state index in [1.165, 1.54) is 0 Å². The van der Waals surface area contributed by atoms with E-state index in [0.717, 1.165) is 0 Å². The Morgan fingerprint density at radius 3 is 2.11 bits per heavy atom. The van der Waals surface area contributed by atoms with Crippen molar-refractivity contribution in [1.82, 2.24) is 5.32 Å². The van der Waals surface area contributed by atoms with Crippen molar-refractivity contribution in [1.29, 1.82) is 0 Å². The highest BCUT2D eigenvalue weighted by Crippen LogP contribution is 2.16. The summed E-state index contributed by atoms with van der Waals surface area (Å²) in [5.41, 5.74) is 0. The van der Waals surface area contributed by atoms with Crippen molar-refractivity contribution in [2.24, 2.45) is 5.92 Å². The zero-order valence-corrected chi connectivity index (χ0v) is 11.5. The van der Waals surface area contributed by atoms with Crippen LogP contribution in [-0.4, -0.2) is 30.2 Å². The Hall–Kier alpha value is -1.27. The smallest absolute Gasteiger partial charge is 0.461 e. The fourth-order valence-electron chi connectivity index (χ4n) is 1.29. The molecule has 2 atom stereocenters. The Bertz CT molecular complexity index is 316. The van der Waals surface area contributed by atoms with Crippen LogP contribution in [0.15, 0.2) is 0 Å². The maximum atomic E-state index is 12.2. The number of ether oxygens (including phenoxy) is 1. The molecule has 0 aromatic heterocycles. The van der Waals surface area contributed by atoms with Gasteiger partial charge in [0.15, 0.2) is 0 Å². The van der Waals surface area contributed by atoms with Crippen LogP contribution in [0.1, 0.15) is 40.5 Å². The molecule has 4 nitrogen and oxygen atoms in total. The summed E-state index contributed by atoms with van der Waals surface area (Å²) in [6.07, 6.45) is -4.76. The Balaban J connectivity index is 4.72. The molecule has 1 N–H and O–H groups in total. The largest absolute Gasteiger partial charge is 0.471 e. The molecule has 1 amide bonds. The van der Waals surface area contributed by atoms with Gasteiger partial charge in [0, 0.05) is 0 Å². The third kappa shape index (κ3) is 7.03. The SMILES string of the molecule is CC[C@H](C)OC(=O)[C@@H](CC(C)C)NC(=O)C(F)(F)F. The van der Waals surface area contributed by atoms with E-state index in [4.69, 9.17) is 4.74 Å². The van der Waals surface area contributed by atoms with Gasteiger partial charge in [-0.15, -0.1) is 0 Å². The Morgan fingerprint density at radius 1 is 1.21 bits per heavy atom. The monoisotopic (exact) mass is 283 g/mol. The van der Waals surface area contributed by atoms with Gasteiger partial charge in [-0.1, -0.05) is 20.8 Å².